The zero-order valence-electron chi connectivity index (χ0n) is 9.01. The molecule has 0 saturated carbocycles. The number of non-ortho nitro benzene ring substituents is 1. The van der Waals surface area contributed by atoms with Gasteiger partial charge in [-0.15, -0.1) is 11.8 Å². The minimum absolute atomic E-state index is 0.138. The molecule has 0 radical (unpaired) electrons. The van der Waals surface area contributed by atoms with Crippen LogP contribution in [0.15, 0.2) is 29.7 Å². The molecule has 0 amide bonds. The first-order chi connectivity index (χ1) is 8.22. The molecule has 0 atom stereocenters. The molecule has 0 saturated heterocycles. The van der Waals surface area contributed by atoms with Crippen LogP contribution in [0.25, 0.3) is 5.70 Å². The van der Waals surface area contributed by atoms with E-state index in [1.54, 1.807) is 23.9 Å². The first-order valence-corrected chi connectivity index (χ1v) is 7.27. The fourth-order valence-corrected chi connectivity index (χ4v) is 3.06. The van der Waals surface area contributed by atoms with Gasteiger partial charge in [-0.1, -0.05) is 28.1 Å². The first kappa shape index (κ1) is 12.4. The minimum Gasteiger partial charge on any atom is -0.360 e. The highest BCUT2D eigenvalue weighted by Crippen LogP contribution is 2.32. The molecule has 1 aromatic rings. The number of rotatable bonds is 4. The number of benzene rings is 1. The van der Waals surface area contributed by atoms with Gasteiger partial charge in [0, 0.05) is 29.6 Å². The van der Waals surface area contributed by atoms with Crippen LogP contribution >= 0.6 is 27.7 Å². The number of hydrogen-bond acceptors (Lipinski definition) is 4. The minimum atomic E-state index is -0.360. The van der Waals surface area contributed by atoms with Crippen molar-refractivity contribution in [3.05, 3.63) is 45.4 Å². The van der Waals surface area contributed by atoms with Gasteiger partial charge >= 0.3 is 0 Å². The van der Waals surface area contributed by atoms with Gasteiger partial charge in [-0.05, 0) is 5.41 Å². The second-order valence-corrected chi connectivity index (χ2v) is 5.18. The van der Waals surface area contributed by atoms with Crippen molar-refractivity contribution in [3.63, 3.8) is 0 Å². The number of alkyl halides is 1. The van der Waals surface area contributed by atoms with E-state index in [1.807, 2.05) is 6.07 Å². The summed E-state index contributed by atoms with van der Waals surface area (Å²) in [6.45, 7) is 0.904. The van der Waals surface area contributed by atoms with E-state index in [1.165, 1.54) is 6.07 Å². The maximum Gasteiger partial charge on any atom is 0.270 e. The van der Waals surface area contributed by atoms with Crippen LogP contribution in [-0.4, -0.2) is 27.6 Å². The highest BCUT2D eigenvalue weighted by molar-refractivity contribution is 9.09. The van der Waals surface area contributed by atoms with E-state index in [-0.39, 0.29) is 10.6 Å². The van der Waals surface area contributed by atoms with Crippen LogP contribution in [0.3, 0.4) is 0 Å². The molecular weight excluding hydrogens is 304 g/mol. The lowest BCUT2D eigenvalue weighted by Crippen LogP contribution is -2.20. The third-order valence-electron chi connectivity index (χ3n) is 2.47. The molecule has 0 spiro atoms. The monoisotopic (exact) mass is 314 g/mol. The number of hydrogen-bond donors (Lipinski definition) is 0. The second kappa shape index (κ2) is 5.55. The van der Waals surface area contributed by atoms with Gasteiger partial charge in [0.15, 0.2) is 0 Å². The van der Waals surface area contributed by atoms with Crippen LogP contribution in [-0.2, 0) is 0 Å². The Bertz CT molecular complexity index is 465. The normalized spacial score (nSPS) is 14.9. The summed E-state index contributed by atoms with van der Waals surface area (Å²) in [5.74, 6) is 0.906. The van der Waals surface area contributed by atoms with Gasteiger partial charge in [-0.2, -0.15) is 0 Å². The number of halogens is 1. The van der Waals surface area contributed by atoms with Crippen molar-refractivity contribution in [2.75, 3.05) is 17.8 Å². The Morgan fingerprint density at radius 3 is 3.06 bits per heavy atom. The van der Waals surface area contributed by atoms with Gasteiger partial charge in [0.25, 0.3) is 5.69 Å². The summed E-state index contributed by atoms with van der Waals surface area (Å²) in [5.41, 5.74) is 2.11. The number of nitro groups is 1. The Hall–Kier alpha value is -1.01. The Kier molecular flexibility index (Phi) is 4.06. The van der Waals surface area contributed by atoms with Crippen molar-refractivity contribution < 1.29 is 4.92 Å². The van der Waals surface area contributed by atoms with Crippen LogP contribution < -0.4 is 0 Å². The van der Waals surface area contributed by atoms with Crippen molar-refractivity contribution >= 4 is 39.1 Å². The van der Waals surface area contributed by atoms with E-state index in [2.05, 4.69) is 26.2 Å². The van der Waals surface area contributed by atoms with Crippen LogP contribution in [0.5, 0.6) is 0 Å². The quantitative estimate of drug-likeness (QED) is 0.486. The highest BCUT2D eigenvalue weighted by Gasteiger charge is 2.18. The van der Waals surface area contributed by atoms with E-state index in [4.69, 9.17) is 0 Å². The average Bonchev–Trinajstić information content (AvgIpc) is 2.78. The number of thioether (sulfide) groups is 1. The molecule has 17 heavy (non-hydrogen) atoms. The van der Waals surface area contributed by atoms with Crippen LogP contribution in [0, 0.1) is 10.1 Å². The molecule has 0 fully saturated rings. The molecule has 6 heteroatoms. The third kappa shape index (κ3) is 2.81. The molecule has 1 aromatic carbocycles. The summed E-state index contributed by atoms with van der Waals surface area (Å²) in [7, 11) is 0. The van der Waals surface area contributed by atoms with Crippen LogP contribution in [0.4, 0.5) is 5.69 Å². The van der Waals surface area contributed by atoms with Crippen LogP contribution in [0.2, 0.25) is 0 Å². The lowest BCUT2D eigenvalue weighted by Gasteiger charge is -2.20. The summed E-state index contributed by atoms with van der Waals surface area (Å²) < 4.78 is 0. The fourth-order valence-electron chi connectivity index (χ4n) is 1.67. The molecule has 2 rings (SSSR count). The van der Waals surface area contributed by atoms with E-state index in [9.17, 15) is 10.1 Å². The Morgan fingerprint density at radius 1 is 1.53 bits per heavy atom. The summed E-state index contributed by atoms with van der Waals surface area (Å²) in [4.78, 5) is 12.6. The summed E-state index contributed by atoms with van der Waals surface area (Å²) >= 11 is 5.12. The van der Waals surface area contributed by atoms with Gasteiger partial charge in [-0.25, -0.2) is 0 Å². The SMILES string of the molecule is O=[N+]([O-])c1cccc(C2=CSCN2CCBr)c1. The van der Waals surface area contributed by atoms with Gasteiger partial charge in [0.2, 0.25) is 0 Å². The van der Waals surface area contributed by atoms with Gasteiger partial charge < -0.3 is 4.90 Å². The van der Waals surface area contributed by atoms with Crippen molar-refractivity contribution in [3.8, 4) is 0 Å². The second-order valence-electron chi connectivity index (χ2n) is 3.56. The molecule has 1 aliphatic rings. The average molecular weight is 315 g/mol. The predicted molar refractivity (Wildman–Crippen MR) is 74.0 cm³/mol. The number of nitro benzene ring substituents is 1. The van der Waals surface area contributed by atoms with Crippen molar-refractivity contribution in [2.24, 2.45) is 0 Å². The van der Waals surface area contributed by atoms with Crippen LogP contribution in [0.1, 0.15) is 5.56 Å². The Morgan fingerprint density at radius 2 is 2.35 bits per heavy atom. The molecule has 1 heterocycles. The third-order valence-corrected chi connectivity index (χ3v) is 3.68. The lowest BCUT2D eigenvalue weighted by atomic mass is 10.1. The molecule has 0 bridgehead atoms. The zero-order chi connectivity index (χ0) is 12.3. The predicted octanol–water partition coefficient (Wildman–Crippen LogP) is 3.29. The van der Waals surface area contributed by atoms with E-state index in [0.717, 1.165) is 29.0 Å². The maximum absolute atomic E-state index is 10.7. The Balaban J connectivity index is 2.27. The standard InChI is InChI=1S/C11H11BrN2O2S/c12-4-5-13-8-17-7-11(13)9-2-1-3-10(6-9)14(15)16/h1-3,6-7H,4-5,8H2. The molecule has 0 unspecified atom stereocenters. The molecule has 90 valence electrons. The molecule has 0 aromatic heterocycles. The van der Waals surface area contributed by atoms with Gasteiger partial charge in [0.1, 0.15) is 0 Å². The van der Waals surface area contributed by atoms with Crippen molar-refractivity contribution in [2.45, 2.75) is 0 Å². The Labute approximate surface area is 112 Å². The summed E-state index contributed by atoms with van der Waals surface area (Å²) in [6.07, 6.45) is 0. The molecular formula is C11H11BrN2O2S. The van der Waals surface area contributed by atoms with E-state index in [0.29, 0.717) is 0 Å². The fraction of sp³-hybridized carbons (Fsp3) is 0.273. The summed E-state index contributed by atoms with van der Waals surface area (Å²) in [6, 6.07) is 6.77. The molecule has 0 aliphatic carbocycles. The van der Waals surface area contributed by atoms with Gasteiger partial charge in [-0.3, -0.25) is 10.1 Å². The number of nitrogens with zero attached hydrogens (tertiary/aromatic N) is 2. The molecule has 1 aliphatic heterocycles. The highest BCUT2D eigenvalue weighted by atomic mass is 79.9. The lowest BCUT2D eigenvalue weighted by molar-refractivity contribution is -0.384. The van der Waals surface area contributed by atoms with Gasteiger partial charge in [0.05, 0.1) is 16.5 Å². The largest absolute Gasteiger partial charge is 0.360 e. The first-order valence-electron chi connectivity index (χ1n) is 5.10. The summed E-state index contributed by atoms with van der Waals surface area (Å²) in [5, 5.41) is 13.7. The van der Waals surface area contributed by atoms with E-state index < -0.39 is 0 Å². The topological polar surface area (TPSA) is 46.4 Å². The smallest absolute Gasteiger partial charge is 0.270 e. The van der Waals surface area contributed by atoms with Crippen molar-refractivity contribution in [1.82, 2.24) is 4.90 Å². The zero-order valence-corrected chi connectivity index (χ0v) is 11.4. The molecule has 0 N–H and O–H groups in total. The van der Waals surface area contributed by atoms with E-state index >= 15 is 0 Å². The molecule has 4 nitrogen and oxygen atoms in total. The maximum atomic E-state index is 10.7. The van der Waals surface area contributed by atoms with Crippen molar-refractivity contribution in [1.29, 1.82) is 0 Å².